The number of carbonyl (C=O) groups is 1. The molecule has 2 aromatic rings. The summed E-state index contributed by atoms with van der Waals surface area (Å²) in [5.41, 5.74) is 2.18. The number of nitrogens with one attached hydrogen (secondary N) is 1. The summed E-state index contributed by atoms with van der Waals surface area (Å²) in [5, 5.41) is 0. The molecule has 0 saturated carbocycles. The van der Waals surface area contributed by atoms with Gasteiger partial charge in [0.05, 0.1) is 18.1 Å². The normalized spacial score (nSPS) is 13.6. The first-order valence-electron chi connectivity index (χ1n) is 9.54. The van der Waals surface area contributed by atoms with E-state index in [2.05, 4.69) is 4.72 Å². The first-order chi connectivity index (χ1) is 13.9. The molecule has 0 aliphatic carbocycles. The van der Waals surface area contributed by atoms with Crippen LogP contribution in [0.4, 0.5) is 0 Å². The van der Waals surface area contributed by atoms with Gasteiger partial charge in [0, 0.05) is 39.0 Å². The summed E-state index contributed by atoms with van der Waals surface area (Å²) in [5.74, 6) is 0.823. The van der Waals surface area contributed by atoms with Crippen molar-refractivity contribution < 1.29 is 22.7 Å². The summed E-state index contributed by atoms with van der Waals surface area (Å²) in [4.78, 5) is 14.1. The molecule has 0 saturated heterocycles. The lowest BCUT2D eigenvalue weighted by Gasteiger charge is -2.18. The highest BCUT2D eigenvalue weighted by Gasteiger charge is 2.19. The Balaban J connectivity index is 1.55. The molecule has 0 fully saturated rings. The Morgan fingerprint density at radius 2 is 1.83 bits per heavy atom. The second-order valence-corrected chi connectivity index (χ2v) is 8.75. The molecule has 7 nitrogen and oxygen atoms in total. The van der Waals surface area contributed by atoms with Crippen molar-refractivity contribution in [1.29, 1.82) is 0 Å². The number of rotatable bonds is 7. The minimum atomic E-state index is -3.75. The van der Waals surface area contributed by atoms with Crippen LogP contribution in [0.1, 0.15) is 24.0 Å². The summed E-state index contributed by atoms with van der Waals surface area (Å²) in [6, 6.07) is 12.4. The molecule has 0 bridgehead atoms. The van der Waals surface area contributed by atoms with E-state index in [0.717, 1.165) is 17.5 Å². The highest BCUT2D eigenvalue weighted by atomic mass is 32.2. The van der Waals surface area contributed by atoms with E-state index in [4.69, 9.17) is 9.47 Å². The molecule has 0 spiro atoms. The molecule has 0 aromatic heterocycles. The van der Waals surface area contributed by atoms with Crippen molar-refractivity contribution in [2.45, 2.75) is 31.2 Å². The van der Waals surface area contributed by atoms with Gasteiger partial charge >= 0.3 is 0 Å². The van der Waals surface area contributed by atoms with Crippen LogP contribution < -0.4 is 14.2 Å². The maximum atomic E-state index is 12.6. The van der Waals surface area contributed by atoms with E-state index >= 15 is 0 Å². The number of hydrogen-bond donors (Lipinski definition) is 1. The monoisotopic (exact) mass is 418 g/mol. The van der Waals surface area contributed by atoms with E-state index in [9.17, 15) is 13.2 Å². The molecule has 2 aromatic carbocycles. The maximum Gasteiger partial charge on any atom is 0.240 e. The zero-order chi connectivity index (χ0) is 20.9. The van der Waals surface area contributed by atoms with E-state index in [1.807, 2.05) is 31.2 Å². The van der Waals surface area contributed by atoms with E-state index in [1.165, 1.54) is 12.1 Å². The van der Waals surface area contributed by atoms with Gasteiger partial charge in [-0.2, -0.15) is 0 Å². The van der Waals surface area contributed by atoms with Crippen LogP contribution in [-0.4, -0.2) is 46.0 Å². The highest BCUT2D eigenvalue weighted by Crippen LogP contribution is 2.31. The third-order valence-electron chi connectivity index (χ3n) is 4.75. The number of benzene rings is 2. The van der Waals surface area contributed by atoms with Crippen molar-refractivity contribution in [2.24, 2.45) is 0 Å². The summed E-state index contributed by atoms with van der Waals surface area (Å²) in [6.07, 6.45) is 0.819. The second kappa shape index (κ2) is 9.28. The summed E-state index contributed by atoms with van der Waals surface area (Å²) < 4.78 is 38.7. The molecule has 0 unspecified atom stereocenters. The van der Waals surface area contributed by atoms with Crippen LogP contribution >= 0.6 is 0 Å². The lowest BCUT2D eigenvalue weighted by atomic mass is 10.1. The van der Waals surface area contributed by atoms with Crippen LogP contribution in [0.15, 0.2) is 47.4 Å². The van der Waals surface area contributed by atoms with Crippen molar-refractivity contribution in [2.75, 3.05) is 26.8 Å². The standard InChI is InChI=1S/C21H26N2O5S/c1-16-6-3-4-7-17(16)15-23(2)21(24)10-11-22-29(25,26)18-8-9-19-20(14-18)28-13-5-12-27-19/h3-4,6-9,14,22H,5,10-13,15H2,1-2H3. The van der Waals surface area contributed by atoms with E-state index < -0.39 is 10.0 Å². The number of sulfonamides is 1. The smallest absolute Gasteiger partial charge is 0.240 e. The van der Waals surface area contributed by atoms with Crippen LogP contribution in [0.2, 0.25) is 0 Å². The largest absolute Gasteiger partial charge is 0.490 e. The van der Waals surface area contributed by atoms with Crippen LogP contribution in [0.25, 0.3) is 0 Å². The molecule has 1 aliphatic heterocycles. The number of hydrogen-bond acceptors (Lipinski definition) is 5. The minimum Gasteiger partial charge on any atom is -0.490 e. The minimum absolute atomic E-state index is 0.0215. The number of fused-ring (bicyclic) bond motifs is 1. The number of nitrogens with zero attached hydrogens (tertiary/aromatic N) is 1. The topological polar surface area (TPSA) is 84.9 Å². The van der Waals surface area contributed by atoms with Gasteiger partial charge < -0.3 is 14.4 Å². The maximum absolute atomic E-state index is 12.6. The van der Waals surface area contributed by atoms with Crippen molar-refractivity contribution in [3.8, 4) is 11.5 Å². The van der Waals surface area contributed by atoms with Crippen LogP contribution in [0.5, 0.6) is 11.5 Å². The number of ether oxygens (including phenoxy) is 2. The Bertz CT molecular complexity index is 975. The molecule has 29 heavy (non-hydrogen) atoms. The van der Waals surface area contributed by atoms with Gasteiger partial charge in [-0.3, -0.25) is 4.79 Å². The first kappa shape index (κ1) is 21.1. The summed E-state index contributed by atoms with van der Waals surface area (Å²) in [7, 11) is -2.03. The third-order valence-corrected chi connectivity index (χ3v) is 6.21. The molecule has 0 atom stereocenters. The quantitative estimate of drug-likeness (QED) is 0.747. The second-order valence-electron chi connectivity index (χ2n) is 6.98. The molecular weight excluding hydrogens is 392 g/mol. The molecule has 1 heterocycles. The SMILES string of the molecule is Cc1ccccc1CN(C)C(=O)CCNS(=O)(=O)c1ccc2c(c1)OCCCO2. The predicted molar refractivity (Wildman–Crippen MR) is 110 cm³/mol. The first-order valence-corrected chi connectivity index (χ1v) is 11.0. The van der Waals surface area contributed by atoms with Crippen LogP contribution in [0, 0.1) is 6.92 Å². The van der Waals surface area contributed by atoms with Gasteiger partial charge in [0.25, 0.3) is 0 Å². The van der Waals surface area contributed by atoms with Crippen LogP contribution in [0.3, 0.4) is 0 Å². The fraction of sp³-hybridized carbons (Fsp3) is 0.381. The van der Waals surface area contributed by atoms with Gasteiger partial charge in [-0.05, 0) is 30.2 Å². The van der Waals surface area contributed by atoms with E-state index in [1.54, 1.807) is 18.0 Å². The van der Waals surface area contributed by atoms with Gasteiger partial charge in [0.1, 0.15) is 0 Å². The number of carbonyl (C=O) groups excluding carboxylic acids is 1. The lowest BCUT2D eigenvalue weighted by molar-refractivity contribution is -0.130. The van der Waals surface area contributed by atoms with Crippen molar-refractivity contribution in [3.05, 3.63) is 53.6 Å². The highest BCUT2D eigenvalue weighted by molar-refractivity contribution is 7.89. The zero-order valence-electron chi connectivity index (χ0n) is 16.7. The Kier molecular flexibility index (Phi) is 6.76. The molecule has 1 N–H and O–H groups in total. The van der Waals surface area contributed by atoms with E-state index in [0.29, 0.717) is 31.3 Å². The fourth-order valence-electron chi connectivity index (χ4n) is 3.01. The third kappa shape index (κ3) is 5.48. The molecule has 156 valence electrons. The molecule has 3 rings (SSSR count). The lowest BCUT2D eigenvalue weighted by Crippen LogP contribution is -2.32. The average molecular weight is 419 g/mol. The Hall–Kier alpha value is -2.58. The van der Waals surface area contributed by atoms with Gasteiger partial charge in [0.15, 0.2) is 11.5 Å². The van der Waals surface area contributed by atoms with E-state index in [-0.39, 0.29) is 23.8 Å². The Morgan fingerprint density at radius 3 is 2.59 bits per heavy atom. The molecule has 8 heteroatoms. The Morgan fingerprint density at radius 1 is 1.10 bits per heavy atom. The van der Waals surface area contributed by atoms with Gasteiger partial charge in [-0.1, -0.05) is 24.3 Å². The van der Waals surface area contributed by atoms with Crippen molar-refractivity contribution >= 4 is 15.9 Å². The zero-order valence-corrected chi connectivity index (χ0v) is 17.5. The van der Waals surface area contributed by atoms with Crippen molar-refractivity contribution in [3.63, 3.8) is 0 Å². The van der Waals surface area contributed by atoms with Gasteiger partial charge in [0.2, 0.25) is 15.9 Å². The summed E-state index contributed by atoms with van der Waals surface area (Å²) in [6.45, 7) is 3.52. The Labute approximate surface area is 171 Å². The average Bonchev–Trinajstić information content (AvgIpc) is 2.94. The summed E-state index contributed by atoms with van der Waals surface area (Å²) >= 11 is 0. The van der Waals surface area contributed by atoms with Gasteiger partial charge in [-0.25, -0.2) is 13.1 Å². The number of amides is 1. The molecule has 1 aliphatic rings. The van der Waals surface area contributed by atoms with Gasteiger partial charge in [-0.15, -0.1) is 0 Å². The van der Waals surface area contributed by atoms with Crippen molar-refractivity contribution in [1.82, 2.24) is 9.62 Å². The van der Waals surface area contributed by atoms with Crippen LogP contribution in [-0.2, 0) is 21.4 Å². The fourth-order valence-corrected chi connectivity index (χ4v) is 4.06. The molecule has 1 amide bonds. The predicted octanol–water partition coefficient (Wildman–Crippen LogP) is 2.48. The number of aryl methyl sites for hydroxylation is 1. The molecular formula is C21H26N2O5S. The molecule has 0 radical (unpaired) electrons.